The first-order valence-electron chi connectivity index (χ1n) is 11.6. The summed E-state index contributed by atoms with van der Waals surface area (Å²) in [6.07, 6.45) is 2.40. The van der Waals surface area contributed by atoms with Gasteiger partial charge in [-0.3, -0.25) is 4.79 Å². The summed E-state index contributed by atoms with van der Waals surface area (Å²) in [5.41, 5.74) is -0.430. The highest BCUT2D eigenvalue weighted by atomic mass is 32.2. The minimum absolute atomic E-state index is 0.0146. The number of amidine groups is 1. The van der Waals surface area contributed by atoms with E-state index in [0.29, 0.717) is 22.9 Å². The van der Waals surface area contributed by atoms with Gasteiger partial charge in [-0.15, -0.1) is 0 Å². The first kappa shape index (κ1) is 23.5. The van der Waals surface area contributed by atoms with Gasteiger partial charge in [-0.1, -0.05) is 36.0 Å². The van der Waals surface area contributed by atoms with Crippen LogP contribution in [0.25, 0.3) is 0 Å². The molecule has 2 aromatic carbocycles. The average molecular weight is 487 g/mol. The Bertz CT molecular complexity index is 1110. The number of nitrogens with zero attached hydrogens (tertiary/aromatic N) is 1. The van der Waals surface area contributed by atoms with Crippen LogP contribution >= 0.6 is 11.8 Å². The van der Waals surface area contributed by atoms with Crippen LogP contribution in [0.2, 0.25) is 0 Å². The molecule has 5 rings (SSSR count). The van der Waals surface area contributed by atoms with Crippen molar-refractivity contribution in [2.24, 2.45) is 10.9 Å². The van der Waals surface area contributed by atoms with Crippen molar-refractivity contribution in [3.8, 4) is 0 Å². The van der Waals surface area contributed by atoms with Gasteiger partial charge in [-0.25, -0.2) is 13.8 Å². The highest BCUT2D eigenvalue weighted by Crippen LogP contribution is 2.48. The van der Waals surface area contributed by atoms with Gasteiger partial charge in [0.25, 0.3) is 5.91 Å². The second-order valence-electron chi connectivity index (χ2n) is 9.83. The van der Waals surface area contributed by atoms with Gasteiger partial charge in [0.05, 0.1) is 24.4 Å². The molecule has 2 fully saturated rings. The molecule has 0 saturated carbocycles. The minimum Gasteiger partial charge on any atom is -0.373 e. The van der Waals surface area contributed by atoms with Gasteiger partial charge in [0.2, 0.25) is 0 Å². The van der Waals surface area contributed by atoms with E-state index in [-0.39, 0.29) is 41.8 Å². The standard InChI is InChI=1S/C26H28F2N2O3S/c1-25(2)11-10-21(33-25)22-12-17-14-34-24(29-23(31)16-6-4-3-5-7-16)30-26(17,15-32-22)19-9-8-18(27)13-20(19)28/h3-9,13,17,21-22H,10-12,14-15H2,1-2H3,(H,29,30,31)/t17-,21?,22+,26-/m0/s1. The van der Waals surface area contributed by atoms with Crippen molar-refractivity contribution < 1.29 is 23.0 Å². The molecule has 1 N–H and O–H groups in total. The number of benzene rings is 2. The molecule has 8 heteroatoms. The molecule has 2 saturated heterocycles. The molecule has 0 spiro atoms. The third kappa shape index (κ3) is 4.51. The Morgan fingerprint density at radius 3 is 2.65 bits per heavy atom. The van der Waals surface area contributed by atoms with Crippen molar-refractivity contribution in [1.82, 2.24) is 5.32 Å². The maximum Gasteiger partial charge on any atom is 0.257 e. The van der Waals surface area contributed by atoms with E-state index in [1.54, 1.807) is 24.3 Å². The highest BCUT2D eigenvalue weighted by molar-refractivity contribution is 8.13. The summed E-state index contributed by atoms with van der Waals surface area (Å²) >= 11 is 1.44. The number of fused-ring (bicyclic) bond motifs is 1. The number of aliphatic imine (C=N–C) groups is 1. The first-order valence-corrected chi connectivity index (χ1v) is 12.6. The van der Waals surface area contributed by atoms with Gasteiger partial charge in [-0.2, -0.15) is 0 Å². The number of hydrogen-bond acceptors (Lipinski definition) is 5. The minimum atomic E-state index is -1.05. The fourth-order valence-electron chi connectivity index (χ4n) is 5.18. The number of carbonyl (C=O) groups is 1. The predicted molar refractivity (Wildman–Crippen MR) is 128 cm³/mol. The summed E-state index contributed by atoms with van der Waals surface area (Å²) in [4.78, 5) is 17.6. The zero-order valence-electron chi connectivity index (χ0n) is 19.2. The molecule has 4 atom stereocenters. The van der Waals surface area contributed by atoms with Gasteiger partial charge in [0.15, 0.2) is 5.17 Å². The molecule has 34 heavy (non-hydrogen) atoms. The monoisotopic (exact) mass is 486 g/mol. The van der Waals surface area contributed by atoms with Crippen LogP contribution in [0.15, 0.2) is 53.5 Å². The summed E-state index contributed by atoms with van der Waals surface area (Å²) < 4.78 is 41.3. The van der Waals surface area contributed by atoms with Crippen LogP contribution in [0, 0.1) is 17.6 Å². The van der Waals surface area contributed by atoms with Crippen LogP contribution < -0.4 is 5.32 Å². The van der Waals surface area contributed by atoms with Crippen LogP contribution in [-0.2, 0) is 15.0 Å². The maximum absolute atomic E-state index is 15.1. The normalized spacial score (nSPS) is 30.4. The average Bonchev–Trinajstić information content (AvgIpc) is 3.18. The molecule has 1 unspecified atom stereocenters. The molecule has 180 valence electrons. The number of amides is 1. The summed E-state index contributed by atoms with van der Waals surface area (Å²) in [5.74, 6) is -1.01. The third-order valence-corrected chi connectivity index (χ3v) is 8.04. The summed E-state index contributed by atoms with van der Waals surface area (Å²) in [6, 6.07) is 12.4. The largest absolute Gasteiger partial charge is 0.373 e. The Hall–Kier alpha value is -2.29. The van der Waals surface area contributed by atoms with E-state index in [1.165, 1.54) is 23.9 Å². The van der Waals surface area contributed by atoms with Gasteiger partial charge >= 0.3 is 0 Å². The van der Waals surface area contributed by atoms with Crippen molar-refractivity contribution in [3.05, 3.63) is 71.3 Å². The fourth-order valence-corrected chi connectivity index (χ4v) is 6.34. The van der Waals surface area contributed by atoms with Gasteiger partial charge in [0.1, 0.15) is 17.2 Å². The topological polar surface area (TPSA) is 59.9 Å². The number of rotatable bonds is 3. The van der Waals surface area contributed by atoms with E-state index in [0.717, 1.165) is 18.9 Å². The Labute approximate surface area is 202 Å². The lowest BCUT2D eigenvalue weighted by Crippen LogP contribution is -2.53. The van der Waals surface area contributed by atoms with Crippen molar-refractivity contribution in [1.29, 1.82) is 0 Å². The summed E-state index contributed by atoms with van der Waals surface area (Å²) in [5, 5.41) is 3.28. The second-order valence-corrected chi connectivity index (χ2v) is 10.8. The van der Waals surface area contributed by atoms with Crippen molar-refractivity contribution in [2.75, 3.05) is 12.4 Å². The van der Waals surface area contributed by atoms with Crippen LogP contribution in [0.3, 0.4) is 0 Å². The maximum atomic E-state index is 15.1. The fraction of sp³-hybridized carbons (Fsp3) is 0.462. The van der Waals surface area contributed by atoms with E-state index in [9.17, 15) is 9.18 Å². The molecule has 1 amide bonds. The second kappa shape index (κ2) is 9.06. The smallest absolute Gasteiger partial charge is 0.257 e. The molecule has 5 nitrogen and oxygen atoms in total. The number of thioether (sulfide) groups is 1. The zero-order valence-corrected chi connectivity index (χ0v) is 20.0. The Kier molecular flexibility index (Phi) is 6.25. The summed E-state index contributed by atoms with van der Waals surface area (Å²) in [6.45, 7) is 4.30. The molecule has 3 aliphatic rings. The van der Waals surface area contributed by atoms with Crippen molar-refractivity contribution >= 4 is 22.8 Å². The van der Waals surface area contributed by atoms with Gasteiger partial charge in [-0.05, 0) is 51.3 Å². The Morgan fingerprint density at radius 1 is 1.15 bits per heavy atom. The molecule has 0 aromatic heterocycles. The van der Waals surface area contributed by atoms with E-state index >= 15 is 4.39 Å². The summed E-state index contributed by atoms with van der Waals surface area (Å²) in [7, 11) is 0. The molecular formula is C26H28F2N2O3S. The van der Waals surface area contributed by atoms with E-state index in [2.05, 4.69) is 19.2 Å². The first-order chi connectivity index (χ1) is 16.3. The number of ether oxygens (including phenoxy) is 2. The lowest BCUT2D eigenvalue weighted by Gasteiger charge is -2.47. The van der Waals surface area contributed by atoms with Gasteiger partial charge < -0.3 is 14.8 Å². The molecule has 0 aliphatic carbocycles. The van der Waals surface area contributed by atoms with Crippen LogP contribution in [-0.4, -0.2) is 41.2 Å². The van der Waals surface area contributed by atoms with Crippen molar-refractivity contribution in [2.45, 2.75) is 56.5 Å². The molecule has 3 aliphatic heterocycles. The predicted octanol–water partition coefficient (Wildman–Crippen LogP) is 5.06. The quantitative estimate of drug-likeness (QED) is 0.659. The van der Waals surface area contributed by atoms with Gasteiger partial charge in [0, 0.05) is 28.9 Å². The van der Waals surface area contributed by atoms with E-state index in [1.807, 2.05) is 6.07 Å². The van der Waals surface area contributed by atoms with Crippen LogP contribution in [0.4, 0.5) is 8.78 Å². The van der Waals surface area contributed by atoms with E-state index in [4.69, 9.17) is 14.5 Å². The molecule has 3 heterocycles. The Morgan fingerprint density at radius 2 is 1.94 bits per heavy atom. The molecule has 2 aromatic rings. The number of nitrogens with one attached hydrogen (secondary N) is 1. The lowest BCUT2D eigenvalue weighted by atomic mass is 9.74. The number of hydrogen-bond donors (Lipinski definition) is 1. The van der Waals surface area contributed by atoms with Crippen LogP contribution in [0.5, 0.6) is 0 Å². The third-order valence-electron chi connectivity index (χ3n) is 7.00. The SMILES string of the molecule is CC1(C)CCC([C@H]2C[C@H]3CSC(NC(=O)c4ccccc4)=N[C@@]3(c3ccc(F)cc3F)CO2)O1. The number of halogens is 2. The Balaban J connectivity index is 1.45. The number of carbonyl (C=O) groups excluding carboxylic acids is 1. The lowest BCUT2D eigenvalue weighted by molar-refractivity contribution is -0.137. The van der Waals surface area contributed by atoms with Crippen LogP contribution in [0.1, 0.15) is 49.0 Å². The van der Waals surface area contributed by atoms with E-state index < -0.39 is 17.2 Å². The zero-order chi connectivity index (χ0) is 23.9. The molecule has 0 bridgehead atoms. The molecule has 0 radical (unpaired) electrons. The van der Waals surface area contributed by atoms with Crippen molar-refractivity contribution in [3.63, 3.8) is 0 Å². The highest BCUT2D eigenvalue weighted by Gasteiger charge is 2.52. The molecular weight excluding hydrogens is 458 g/mol.